The second kappa shape index (κ2) is 6.54. The number of nitrogens with two attached hydrogens (primary N) is 1. The fourth-order valence-electron chi connectivity index (χ4n) is 1.90. The molecule has 0 aliphatic carbocycles. The summed E-state index contributed by atoms with van der Waals surface area (Å²) in [5, 5.41) is 0. The van der Waals surface area contributed by atoms with Crippen LogP contribution in [0.15, 0.2) is 0 Å². The Bertz CT molecular complexity index is 286. The van der Waals surface area contributed by atoms with Gasteiger partial charge in [0, 0.05) is 12.6 Å². The van der Waals surface area contributed by atoms with E-state index in [1.165, 1.54) is 12.8 Å². The molecule has 6 heteroatoms. The summed E-state index contributed by atoms with van der Waals surface area (Å²) < 4.78 is 25.7. The van der Waals surface area contributed by atoms with E-state index in [9.17, 15) is 8.42 Å². The number of nitrogens with zero attached hydrogens (tertiary/aromatic N) is 1. The number of hydrogen-bond donors (Lipinski definition) is 2. The summed E-state index contributed by atoms with van der Waals surface area (Å²) in [4.78, 5) is 2.32. The second-order valence-electron chi connectivity index (χ2n) is 4.40. The Morgan fingerprint density at radius 3 is 2.56 bits per heavy atom. The van der Waals surface area contributed by atoms with Gasteiger partial charge >= 0.3 is 0 Å². The topological polar surface area (TPSA) is 75.4 Å². The molecule has 1 aliphatic heterocycles. The zero-order valence-electron chi connectivity index (χ0n) is 9.98. The third-order valence-electron chi connectivity index (χ3n) is 2.98. The van der Waals surface area contributed by atoms with Crippen molar-refractivity contribution in [1.29, 1.82) is 0 Å². The van der Waals surface area contributed by atoms with Crippen LogP contribution in [-0.2, 0) is 10.0 Å². The molecule has 0 bridgehead atoms. The van der Waals surface area contributed by atoms with Gasteiger partial charge in [-0.1, -0.05) is 0 Å². The molecule has 5 nitrogen and oxygen atoms in total. The molecule has 1 saturated heterocycles. The van der Waals surface area contributed by atoms with Gasteiger partial charge in [0.25, 0.3) is 0 Å². The van der Waals surface area contributed by atoms with Crippen LogP contribution < -0.4 is 10.5 Å². The first kappa shape index (κ1) is 13.9. The Balaban J connectivity index is 2.27. The summed E-state index contributed by atoms with van der Waals surface area (Å²) in [6.45, 7) is 5.17. The average Bonchev–Trinajstić information content (AvgIpc) is 2.77. The SMILES string of the molecule is CC(CNS(=O)(=O)CCCN)N1CCCC1. The summed E-state index contributed by atoms with van der Waals surface area (Å²) in [6, 6.07) is 0.287. The van der Waals surface area contributed by atoms with Crippen LogP contribution in [0.4, 0.5) is 0 Å². The molecule has 0 saturated carbocycles. The number of rotatable bonds is 7. The van der Waals surface area contributed by atoms with Gasteiger partial charge < -0.3 is 5.73 Å². The third-order valence-corrected chi connectivity index (χ3v) is 4.41. The highest BCUT2D eigenvalue weighted by molar-refractivity contribution is 7.89. The maximum Gasteiger partial charge on any atom is 0.211 e. The molecule has 1 heterocycles. The molecule has 16 heavy (non-hydrogen) atoms. The first-order valence-electron chi connectivity index (χ1n) is 5.96. The van der Waals surface area contributed by atoms with Gasteiger partial charge in [-0.25, -0.2) is 13.1 Å². The molecule has 1 aliphatic rings. The molecule has 1 rings (SSSR count). The summed E-state index contributed by atoms with van der Waals surface area (Å²) in [5.41, 5.74) is 5.29. The van der Waals surface area contributed by atoms with Crippen molar-refractivity contribution in [3.05, 3.63) is 0 Å². The van der Waals surface area contributed by atoms with E-state index in [0.717, 1.165) is 13.1 Å². The van der Waals surface area contributed by atoms with E-state index in [1.54, 1.807) is 0 Å². The monoisotopic (exact) mass is 249 g/mol. The second-order valence-corrected chi connectivity index (χ2v) is 6.33. The van der Waals surface area contributed by atoms with E-state index in [0.29, 0.717) is 19.5 Å². The lowest BCUT2D eigenvalue weighted by molar-refractivity contribution is 0.260. The Hall–Kier alpha value is -0.170. The van der Waals surface area contributed by atoms with Crippen LogP contribution in [0.25, 0.3) is 0 Å². The normalized spacial score (nSPS) is 20.1. The highest BCUT2D eigenvalue weighted by Crippen LogP contribution is 2.10. The van der Waals surface area contributed by atoms with E-state index in [1.807, 2.05) is 0 Å². The van der Waals surface area contributed by atoms with Crippen molar-refractivity contribution in [3.63, 3.8) is 0 Å². The highest BCUT2D eigenvalue weighted by Gasteiger charge is 2.19. The first-order chi connectivity index (χ1) is 7.55. The van der Waals surface area contributed by atoms with Crippen LogP contribution in [0.5, 0.6) is 0 Å². The smallest absolute Gasteiger partial charge is 0.211 e. The molecule has 0 radical (unpaired) electrons. The fraction of sp³-hybridized carbons (Fsp3) is 1.00. The van der Waals surface area contributed by atoms with Gasteiger partial charge in [0.15, 0.2) is 0 Å². The molecule has 0 aromatic carbocycles. The van der Waals surface area contributed by atoms with Gasteiger partial charge in [0.1, 0.15) is 0 Å². The quantitative estimate of drug-likeness (QED) is 0.652. The van der Waals surface area contributed by atoms with E-state index in [4.69, 9.17) is 5.73 Å². The van der Waals surface area contributed by atoms with E-state index < -0.39 is 10.0 Å². The van der Waals surface area contributed by atoms with Gasteiger partial charge in [-0.3, -0.25) is 4.90 Å². The standard InChI is InChI=1S/C10H23N3O2S/c1-10(13-6-2-3-7-13)9-12-16(14,15)8-4-5-11/h10,12H,2-9,11H2,1H3. The summed E-state index contributed by atoms with van der Waals surface area (Å²) in [6.07, 6.45) is 2.97. The molecule has 96 valence electrons. The molecule has 0 aromatic heterocycles. The zero-order valence-corrected chi connectivity index (χ0v) is 10.8. The lowest BCUT2D eigenvalue weighted by Gasteiger charge is -2.23. The molecule has 3 N–H and O–H groups in total. The van der Waals surface area contributed by atoms with Crippen LogP contribution in [0, 0.1) is 0 Å². The number of hydrogen-bond acceptors (Lipinski definition) is 4. The van der Waals surface area contributed by atoms with Crippen LogP contribution in [0.2, 0.25) is 0 Å². The van der Waals surface area contributed by atoms with Crippen molar-refractivity contribution in [1.82, 2.24) is 9.62 Å². The van der Waals surface area contributed by atoms with E-state index in [2.05, 4.69) is 16.5 Å². The van der Waals surface area contributed by atoms with E-state index in [-0.39, 0.29) is 11.8 Å². The van der Waals surface area contributed by atoms with Crippen LogP contribution >= 0.6 is 0 Å². The molecular formula is C10H23N3O2S. The minimum atomic E-state index is -3.13. The van der Waals surface area contributed by atoms with Gasteiger partial charge in [-0.05, 0) is 45.8 Å². The zero-order chi connectivity index (χ0) is 12.0. The van der Waals surface area contributed by atoms with Crippen molar-refractivity contribution < 1.29 is 8.42 Å². The molecule has 1 atom stereocenters. The first-order valence-corrected chi connectivity index (χ1v) is 7.62. The summed E-state index contributed by atoms with van der Waals surface area (Å²) >= 11 is 0. The van der Waals surface area contributed by atoms with E-state index >= 15 is 0 Å². The Morgan fingerprint density at radius 2 is 2.00 bits per heavy atom. The van der Waals surface area contributed by atoms with Crippen molar-refractivity contribution in [2.45, 2.75) is 32.2 Å². The Kier molecular flexibility index (Phi) is 5.68. The van der Waals surface area contributed by atoms with Crippen LogP contribution in [-0.4, -0.2) is 51.3 Å². The fourth-order valence-corrected chi connectivity index (χ4v) is 3.09. The molecular weight excluding hydrogens is 226 g/mol. The molecule has 0 spiro atoms. The summed E-state index contributed by atoms with van der Waals surface area (Å²) in [7, 11) is -3.13. The van der Waals surface area contributed by atoms with Gasteiger partial charge in [0.05, 0.1) is 5.75 Å². The summed E-state index contributed by atoms with van der Waals surface area (Å²) in [5.74, 6) is 0.135. The molecule has 0 aromatic rings. The maximum atomic E-state index is 11.5. The maximum absolute atomic E-state index is 11.5. The molecule has 1 unspecified atom stereocenters. The van der Waals surface area contributed by atoms with Crippen LogP contribution in [0.3, 0.4) is 0 Å². The Morgan fingerprint density at radius 1 is 1.38 bits per heavy atom. The molecule has 0 amide bonds. The Labute approximate surface area is 98.4 Å². The van der Waals surface area contributed by atoms with Gasteiger partial charge in [-0.2, -0.15) is 0 Å². The lowest BCUT2D eigenvalue weighted by Crippen LogP contribution is -2.41. The minimum Gasteiger partial charge on any atom is -0.330 e. The molecule has 1 fully saturated rings. The average molecular weight is 249 g/mol. The highest BCUT2D eigenvalue weighted by atomic mass is 32.2. The van der Waals surface area contributed by atoms with Crippen LogP contribution in [0.1, 0.15) is 26.2 Å². The third kappa shape index (κ3) is 4.78. The predicted molar refractivity (Wildman–Crippen MR) is 65.7 cm³/mol. The van der Waals surface area contributed by atoms with Gasteiger partial charge in [-0.15, -0.1) is 0 Å². The van der Waals surface area contributed by atoms with Crippen molar-refractivity contribution in [2.75, 3.05) is 31.9 Å². The largest absolute Gasteiger partial charge is 0.330 e. The van der Waals surface area contributed by atoms with Crippen molar-refractivity contribution in [3.8, 4) is 0 Å². The van der Waals surface area contributed by atoms with Gasteiger partial charge in [0.2, 0.25) is 10.0 Å². The number of likely N-dealkylation sites (tertiary alicyclic amines) is 1. The predicted octanol–water partition coefficient (Wildman–Crippen LogP) is -0.261. The van der Waals surface area contributed by atoms with Crippen molar-refractivity contribution >= 4 is 10.0 Å². The lowest BCUT2D eigenvalue weighted by atomic mass is 10.3. The minimum absolute atomic E-state index is 0.135. The number of nitrogens with one attached hydrogen (secondary N) is 1. The number of sulfonamides is 1. The van der Waals surface area contributed by atoms with Crippen molar-refractivity contribution in [2.24, 2.45) is 5.73 Å².